The summed E-state index contributed by atoms with van der Waals surface area (Å²) in [5.41, 5.74) is 0.419. The number of anilines is 1. The van der Waals surface area contributed by atoms with Gasteiger partial charge in [-0.05, 0) is 48.6 Å². The highest BCUT2D eigenvalue weighted by molar-refractivity contribution is 7.80. The smallest absolute Gasteiger partial charge is 0.281 e. The van der Waals surface area contributed by atoms with E-state index in [1.807, 2.05) is 0 Å². The summed E-state index contributed by atoms with van der Waals surface area (Å²) >= 11 is 5.15. The third kappa shape index (κ3) is 4.06. The molecule has 1 fully saturated rings. The van der Waals surface area contributed by atoms with E-state index in [4.69, 9.17) is 21.4 Å². The van der Waals surface area contributed by atoms with Crippen molar-refractivity contribution in [3.05, 3.63) is 88.8 Å². The molecule has 11 heteroatoms. The van der Waals surface area contributed by atoms with Crippen LogP contribution in [0.3, 0.4) is 0 Å². The summed E-state index contributed by atoms with van der Waals surface area (Å²) in [5.74, 6) is -8.53. The summed E-state index contributed by atoms with van der Waals surface area (Å²) in [6.07, 6.45) is 1.32. The molecule has 164 valence electrons. The molecule has 0 spiro atoms. The van der Waals surface area contributed by atoms with Gasteiger partial charge in [0.25, 0.3) is 5.91 Å². The molecular formula is C21H11F5N2O3S. The first kappa shape index (κ1) is 21.5. The van der Waals surface area contributed by atoms with Gasteiger partial charge in [0.2, 0.25) is 11.6 Å². The minimum absolute atomic E-state index is 0.0590. The van der Waals surface area contributed by atoms with Crippen LogP contribution in [0.25, 0.3) is 6.08 Å². The molecule has 0 unspecified atom stereocenters. The topological polar surface area (TPSA) is 54.7 Å². The Labute approximate surface area is 182 Å². The van der Waals surface area contributed by atoms with Crippen LogP contribution in [0.2, 0.25) is 0 Å². The number of amides is 1. The van der Waals surface area contributed by atoms with Crippen molar-refractivity contribution in [1.82, 2.24) is 5.32 Å². The Bertz CT molecular complexity index is 1230. The molecule has 1 amide bonds. The second-order valence-corrected chi connectivity index (χ2v) is 6.88. The van der Waals surface area contributed by atoms with E-state index in [0.717, 1.165) is 4.90 Å². The van der Waals surface area contributed by atoms with Crippen LogP contribution in [0, 0.1) is 29.1 Å². The Kier molecular flexibility index (Phi) is 5.66. The molecule has 3 aromatic rings. The van der Waals surface area contributed by atoms with Gasteiger partial charge in [-0.2, -0.15) is 8.78 Å². The number of rotatable bonds is 5. The fourth-order valence-electron chi connectivity index (χ4n) is 2.87. The Morgan fingerprint density at radius 1 is 1.00 bits per heavy atom. The lowest BCUT2D eigenvalue weighted by Crippen LogP contribution is -2.30. The third-order valence-corrected chi connectivity index (χ3v) is 4.65. The minimum Gasteiger partial charge on any atom is -0.479 e. The molecule has 4 rings (SSSR count). The maximum absolute atomic E-state index is 13.7. The zero-order chi connectivity index (χ0) is 23.0. The summed E-state index contributed by atoms with van der Waals surface area (Å²) in [7, 11) is 0. The Hall–Kier alpha value is -3.73. The molecule has 1 N–H and O–H groups in total. The Balaban J connectivity index is 1.49. The van der Waals surface area contributed by atoms with E-state index in [2.05, 4.69) is 5.32 Å². The average molecular weight is 466 g/mol. The van der Waals surface area contributed by atoms with Crippen LogP contribution in [0.1, 0.15) is 11.5 Å². The lowest BCUT2D eigenvalue weighted by Gasteiger charge is -2.13. The number of ether oxygens (including phenoxy) is 1. The number of carbonyl (C=O) groups is 1. The number of hydrogen-bond acceptors (Lipinski definition) is 4. The van der Waals surface area contributed by atoms with E-state index in [0.29, 0.717) is 5.69 Å². The molecule has 0 radical (unpaired) electrons. The van der Waals surface area contributed by atoms with Gasteiger partial charge in [0, 0.05) is 12.1 Å². The second kappa shape index (κ2) is 8.42. The van der Waals surface area contributed by atoms with Crippen LogP contribution >= 0.6 is 12.2 Å². The zero-order valence-electron chi connectivity index (χ0n) is 15.8. The molecule has 5 nitrogen and oxygen atoms in total. The van der Waals surface area contributed by atoms with Crippen molar-refractivity contribution in [2.75, 3.05) is 4.90 Å². The van der Waals surface area contributed by atoms with Crippen LogP contribution in [0.4, 0.5) is 27.6 Å². The van der Waals surface area contributed by atoms with E-state index in [9.17, 15) is 26.7 Å². The number of carbonyl (C=O) groups excluding carboxylic acids is 1. The van der Waals surface area contributed by atoms with Crippen molar-refractivity contribution in [1.29, 1.82) is 0 Å². The number of halogens is 5. The van der Waals surface area contributed by atoms with Crippen LogP contribution in [-0.2, 0) is 11.4 Å². The summed E-state index contributed by atoms with van der Waals surface area (Å²) in [4.78, 5) is 13.8. The van der Waals surface area contributed by atoms with E-state index < -0.39 is 47.3 Å². The van der Waals surface area contributed by atoms with Crippen molar-refractivity contribution in [3.63, 3.8) is 0 Å². The first-order valence-electron chi connectivity index (χ1n) is 8.92. The molecule has 1 aliphatic rings. The lowest BCUT2D eigenvalue weighted by atomic mass is 10.2. The number of hydrogen-bond donors (Lipinski definition) is 1. The molecule has 0 saturated carbocycles. The van der Waals surface area contributed by atoms with Gasteiger partial charge >= 0.3 is 0 Å². The lowest BCUT2D eigenvalue weighted by molar-refractivity contribution is -0.113. The van der Waals surface area contributed by atoms with Crippen molar-refractivity contribution >= 4 is 35.0 Å². The van der Waals surface area contributed by atoms with Crippen LogP contribution < -0.4 is 15.0 Å². The predicted molar refractivity (Wildman–Crippen MR) is 107 cm³/mol. The van der Waals surface area contributed by atoms with E-state index in [1.54, 1.807) is 0 Å². The Morgan fingerprint density at radius 3 is 2.31 bits per heavy atom. The summed E-state index contributed by atoms with van der Waals surface area (Å²) in [6.45, 7) is -0.540. The molecule has 2 heterocycles. The van der Waals surface area contributed by atoms with Crippen molar-refractivity contribution < 1.29 is 35.9 Å². The highest BCUT2D eigenvalue weighted by atomic mass is 32.1. The highest BCUT2D eigenvalue weighted by Crippen LogP contribution is 2.28. The standard InChI is InChI=1S/C21H11F5N2O3S/c22-10-1-3-11(4-2-10)28-20(29)16(27-21(28)32)7-12-5-6-13(31-12)9-30-19-17(25)14(23)8-15(24)18(19)26/h1-8H,9H2,(H,27,32)/b16-7+. The maximum atomic E-state index is 13.7. The number of thiocarbonyl (C=S) groups is 1. The highest BCUT2D eigenvalue weighted by Gasteiger charge is 2.32. The normalized spacial score (nSPS) is 14.9. The predicted octanol–water partition coefficient (Wildman–Crippen LogP) is 4.82. The summed E-state index contributed by atoms with van der Waals surface area (Å²) < 4.78 is 77.2. The SMILES string of the molecule is O=C1/C(=C\c2ccc(COc3c(F)c(F)cc(F)c3F)o2)NC(=S)N1c1ccc(F)cc1. The van der Waals surface area contributed by atoms with Crippen molar-refractivity contribution in [2.24, 2.45) is 0 Å². The van der Waals surface area contributed by atoms with Gasteiger partial charge < -0.3 is 14.5 Å². The summed E-state index contributed by atoms with van der Waals surface area (Å²) in [5, 5.41) is 2.78. The molecule has 1 aromatic heterocycles. The first-order valence-corrected chi connectivity index (χ1v) is 9.32. The number of nitrogens with zero attached hydrogens (tertiary/aromatic N) is 1. The fourth-order valence-corrected chi connectivity index (χ4v) is 3.17. The first-order chi connectivity index (χ1) is 15.2. The maximum Gasteiger partial charge on any atom is 0.281 e. The monoisotopic (exact) mass is 466 g/mol. The zero-order valence-corrected chi connectivity index (χ0v) is 16.6. The van der Waals surface area contributed by atoms with Gasteiger partial charge in [-0.3, -0.25) is 9.69 Å². The van der Waals surface area contributed by atoms with Crippen molar-refractivity contribution in [3.8, 4) is 5.75 Å². The van der Waals surface area contributed by atoms with Crippen LogP contribution in [0.15, 0.2) is 52.6 Å². The van der Waals surface area contributed by atoms with Gasteiger partial charge in [0.05, 0.1) is 5.69 Å². The second-order valence-electron chi connectivity index (χ2n) is 6.50. The van der Waals surface area contributed by atoms with Crippen LogP contribution in [0.5, 0.6) is 5.75 Å². The number of nitrogens with one attached hydrogen (secondary N) is 1. The molecule has 0 bridgehead atoms. The Morgan fingerprint density at radius 2 is 1.66 bits per heavy atom. The molecule has 1 saturated heterocycles. The van der Waals surface area contributed by atoms with Gasteiger partial charge in [-0.25, -0.2) is 13.2 Å². The van der Waals surface area contributed by atoms with Gasteiger partial charge in [0.15, 0.2) is 22.5 Å². The van der Waals surface area contributed by atoms with Gasteiger partial charge in [-0.15, -0.1) is 0 Å². The van der Waals surface area contributed by atoms with Gasteiger partial charge in [0.1, 0.15) is 29.6 Å². The molecule has 2 aromatic carbocycles. The molecule has 0 aliphatic carbocycles. The number of furan rings is 1. The van der Waals surface area contributed by atoms with Crippen LogP contribution in [-0.4, -0.2) is 11.0 Å². The van der Waals surface area contributed by atoms with Crippen molar-refractivity contribution in [2.45, 2.75) is 6.61 Å². The third-order valence-electron chi connectivity index (χ3n) is 4.36. The van der Waals surface area contributed by atoms with E-state index in [-0.39, 0.29) is 28.4 Å². The molecule has 1 aliphatic heterocycles. The van der Waals surface area contributed by atoms with E-state index >= 15 is 0 Å². The largest absolute Gasteiger partial charge is 0.479 e. The molecular weight excluding hydrogens is 455 g/mol. The average Bonchev–Trinajstić information content (AvgIpc) is 3.31. The summed E-state index contributed by atoms with van der Waals surface area (Å²) in [6, 6.07) is 8.03. The molecule has 32 heavy (non-hydrogen) atoms. The fraction of sp³-hybridized carbons (Fsp3) is 0.0476. The number of benzene rings is 2. The van der Waals surface area contributed by atoms with E-state index in [1.165, 1.54) is 42.5 Å². The van der Waals surface area contributed by atoms with Gasteiger partial charge in [-0.1, -0.05) is 0 Å². The minimum atomic E-state index is -1.67. The molecule has 0 atom stereocenters. The quantitative estimate of drug-likeness (QED) is 0.253.